The van der Waals surface area contributed by atoms with E-state index in [1.165, 1.54) is 23.5 Å². The second kappa shape index (κ2) is 8.33. The van der Waals surface area contributed by atoms with Gasteiger partial charge in [0, 0.05) is 10.9 Å². The summed E-state index contributed by atoms with van der Waals surface area (Å²) >= 11 is 1.31. The lowest BCUT2D eigenvalue weighted by molar-refractivity contribution is -0.115. The van der Waals surface area contributed by atoms with Crippen molar-refractivity contribution in [2.45, 2.75) is 18.2 Å². The van der Waals surface area contributed by atoms with Crippen LogP contribution in [0, 0.1) is 11.3 Å². The molecule has 1 amide bonds. The predicted octanol–water partition coefficient (Wildman–Crippen LogP) is 3.66. The fourth-order valence-corrected chi connectivity index (χ4v) is 4.13. The van der Waals surface area contributed by atoms with E-state index < -0.39 is 9.84 Å². The van der Waals surface area contributed by atoms with Gasteiger partial charge in [0.1, 0.15) is 0 Å². The van der Waals surface area contributed by atoms with E-state index in [2.05, 4.69) is 16.4 Å². The molecule has 0 fully saturated rings. The summed E-state index contributed by atoms with van der Waals surface area (Å²) in [6.07, 6.45) is 0.123. The number of sulfone groups is 1. The highest BCUT2D eigenvalue weighted by Crippen LogP contribution is 2.25. The number of nitriles is 1. The highest BCUT2D eigenvalue weighted by atomic mass is 32.2. The Balaban J connectivity index is 1.64. The van der Waals surface area contributed by atoms with E-state index in [-0.39, 0.29) is 23.0 Å². The first-order chi connectivity index (χ1) is 13.4. The Kier molecular flexibility index (Phi) is 5.87. The van der Waals surface area contributed by atoms with Gasteiger partial charge in [0.15, 0.2) is 15.0 Å². The molecule has 8 heteroatoms. The molecule has 0 radical (unpaired) electrons. The van der Waals surface area contributed by atoms with Crippen LogP contribution < -0.4 is 5.32 Å². The normalized spacial score (nSPS) is 11.0. The van der Waals surface area contributed by atoms with E-state index in [0.29, 0.717) is 10.7 Å². The molecular formula is C20H17N3O3S2. The quantitative estimate of drug-likeness (QED) is 0.667. The molecule has 142 valence electrons. The van der Waals surface area contributed by atoms with Gasteiger partial charge in [-0.1, -0.05) is 31.2 Å². The fourth-order valence-electron chi connectivity index (χ4n) is 2.51. The van der Waals surface area contributed by atoms with Crippen molar-refractivity contribution < 1.29 is 13.2 Å². The summed E-state index contributed by atoms with van der Waals surface area (Å²) in [5.74, 6) is -0.190. The zero-order valence-corrected chi connectivity index (χ0v) is 16.7. The maximum absolute atomic E-state index is 12.3. The van der Waals surface area contributed by atoms with Crippen LogP contribution in [-0.2, 0) is 21.1 Å². The number of benzene rings is 2. The van der Waals surface area contributed by atoms with Gasteiger partial charge in [0.25, 0.3) is 0 Å². The molecule has 0 unspecified atom stereocenters. The molecule has 0 aliphatic heterocycles. The van der Waals surface area contributed by atoms with Crippen molar-refractivity contribution in [3.63, 3.8) is 0 Å². The van der Waals surface area contributed by atoms with Crippen LogP contribution in [0.25, 0.3) is 11.3 Å². The average Bonchev–Trinajstić information content (AvgIpc) is 3.16. The van der Waals surface area contributed by atoms with Crippen molar-refractivity contribution in [3.05, 3.63) is 65.0 Å². The van der Waals surface area contributed by atoms with Crippen molar-refractivity contribution in [3.8, 4) is 17.3 Å². The van der Waals surface area contributed by atoms with Crippen LogP contribution in [0.5, 0.6) is 0 Å². The first-order valence-corrected chi connectivity index (χ1v) is 11.0. The van der Waals surface area contributed by atoms with Gasteiger partial charge < -0.3 is 5.32 Å². The number of aromatic nitrogens is 1. The van der Waals surface area contributed by atoms with Crippen LogP contribution in [0.1, 0.15) is 18.1 Å². The van der Waals surface area contributed by atoms with Gasteiger partial charge in [0.2, 0.25) is 5.91 Å². The van der Waals surface area contributed by atoms with E-state index in [1.54, 1.807) is 31.2 Å². The number of rotatable bonds is 6. The Morgan fingerprint density at radius 3 is 2.43 bits per heavy atom. The first kappa shape index (κ1) is 19.7. The number of anilines is 1. The van der Waals surface area contributed by atoms with E-state index in [0.717, 1.165) is 16.8 Å². The van der Waals surface area contributed by atoms with Crippen LogP contribution in [0.2, 0.25) is 0 Å². The van der Waals surface area contributed by atoms with E-state index in [9.17, 15) is 13.2 Å². The number of hydrogen-bond donors (Lipinski definition) is 1. The minimum absolute atomic E-state index is 0.0401. The molecule has 0 saturated heterocycles. The minimum Gasteiger partial charge on any atom is -0.302 e. The molecule has 0 aliphatic carbocycles. The molecule has 28 heavy (non-hydrogen) atoms. The predicted molar refractivity (Wildman–Crippen MR) is 109 cm³/mol. The number of hydrogen-bond acceptors (Lipinski definition) is 6. The Morgan fingerprint density at radius 2 is 1.82 bits per heavy atom. The molecule has 3 rings (SSSR count). The summed E-state index contributed by atoms with van der Waals surface area (Å²) in [6, 6.07) is 15.5. The van der Waals surface area contributed by atoms with Crippen LogP contribution in [-0.4, -0.2) is 25.1 Å². The van der Waals surface area contributed by atoms with Crippen LogP contribution in [0.3, 0.4) is 0 Å². The lowest BCUT2D eigenvalue weighted by Crippen LogP contribution is -2.14. The molecule has 0 atom stereocenters. The lowest BCUT2D eigenvalue weighted by Gasteiger charge is -2.04. The number of nitrogens with one attached hydrogen (secondary N) is 1. The third-order valence-electron chi connectivity index (χ3n) is 4.09. The van der Waals surface area contributed by atoms with Crippen molar-refractivity contribution >= 4 is 32.2 Å². The topological polar surface area (TPSA) is 99.9 Å². The molecule has 6 nitrogen and oxygen atoms in total. The molecule has 1 aromatic heterocycles. The Morgan fingerprint density at radius 1 is 1.14 bits per heavy atom. The Hall–Kier alpha value is -3.02. The molecule has 1 N–H and O–H groups in total. The zero-order valence-electron chi connectivity index (χ0n) is 15.0. The maximum Gasteiger partial charge on any atom is 0.230 e. The van der Waals surface area contributed by atoms with E-state index in [1.807, 2.05) is 17.5 Å². The molecule has 0 spiro atoms. The van der Waals surface area contributed by atoms with Gasteiger partial charge in [-0.3, -0.25) is 4.79 Å². The van der Waals surface area contributed by atoms with Gasteiger partial charge in [0.05, 0.1) is 34.4 Å². The largest absolute Gasteiger partial charge is 0.302 e. The fraction of sp³-hybridized carbons (Fsp3) is 0.150. The molecular weight excluding hydrogens is 394 g/mol. The van der Waals surface area contributed by atoms with Gasteiger partial charge >= 0.3 is 0 Å². The van der Waals surface area contributed by atoms with Gasteiger partial charge in [-0.05, 0) is 29.8 Å². The first-order valence-electron chi connectivity index (χ1n) is 8.49. The van der Waals surface area contributed by atoms with E-state index >= 15 is 0 Å². The van der Waals surface area contributed by atoms with E-state index in [4.69, 9.17) is 5.26 Å². The summed E-state index contributed by atoms with van der Waals surface area (Å²) in [7, 11) is -3.25. The second-order valence-corrected chi connectivity index (χ2v) is 9.14. The third-order valence-corrected chi connectivity index (χ3v) is 6.60. The van der Waals surface area contributed by atoms with Gasteiger partial charge in [-0.15, -0.1) is 11.3 Å². The summed E-state index contributed by atoms with van der Waals surface area (Å²) in [6.45, 7) is 1.59. The second-order valence-electron chi connectivity index (χ2n) is 6.00. The monoisotopic (exact) mass is 411 g/mol. The number of carbonyl (C=O) groups excluding carboxylic acids is 1. The minimum atomic E-state index is -3.25. The number of carbonyl (C=O) groups is 1. The Bertz CT molecular complexity index is 1130. The van der Waals surface area contributed by atoms with Gasteiger partial charge in [-0.25, -0.2) is 13.4 Å². The van der Waals surface area contributed by atoms with Crippen LogP contribution in [0.15, 0.2) is 58.8 Å². The maximum atomic E-state index is 12.3. The molecule has 0 bridgehead atoms. The highest BCUT2D eigenvalue weighted by molar-refractivity contribution is 7.91. The number of nitrogens with zero attached hydrogens (tertiary/aromatic N) is 2. The third kappa shape index (κ3) is 4.63. The molecule has 0 aliphatic rings. The lowest BCUT2D eigenvalue weighted by atomic mass is 10.1. The highest BCUT2D eigenvalue weighted by Gasteiger charge is 2.12. The average molecular weight is 412 g/mol. The van der Waals surface area contributed by atoms with Crippen molar-refractivity contribution in [2.24, 2.45) is 0 Å². The summed E-state index contributed by atoms with van der Waals surface area (Å²) in [4.78, 5) is 16.9. The molecule has 0 saturated carbocycles. The zero-order chi connectivity index (χ0) is 20.1. The van der Waals surface area contributed by atoms with Crippen LogP contribution >= 0.6 is 11.3 Å². The summed E-state index contributed by atoms with van der Waals surface area (Å²) < 4.78 is 23.7. The smallest absolute Gasteiger partial charge is 0.230 e. The standard InChI is InChI=1S/C20H17N3O3S2/c1-2-28(25,26)17-9-5-14(6-10-17)11-19(24)23-20-22-18(13-27-20)16-7-3-15(12-21)4-8-16/h3-10,13H,2,11H2,1H3,(H,22,23,24). The summed E-state index contributed by atoms with van der Waals surface area (Å²) in [5, 5.41) is 13.9. The molecule has 2 aromatic carbocycles. The Labute approximate surface area is 167 Å². The van der Waals surface area contributed by atoms with Crippen molar-refractivity contribution in [2.75, 3.05) is 11.1 Å². The van der Waals surface area contributed by atoms with Crippen molar-refractivity contribution in [1.82, 2.24) is 4.98 Å². The molecule has 3 aromatic rings. The van der Waals surface area contributed by atoms with Gasteiger partial charge in [-0.2, -0.15) is 5.26 Å². The number of thiazole rings is 1. The SMILES string of the molecule is CCS(=O)(=O)c1ccc(CC(=O)Nc2nc(-c3ccc(C#N)cc3)cs2)cc1. The molecule has 1 heterocycles. The summed E-state index contributed by atoms with van der Waals surface area (Å²) in [5.41, 5.74) is 2.88. The number of amides is 1. The van der Waals surface area contributed by atoms with Crippen molar-refractivity contribution in [1.29, 1.82) is 5.26 Å². The van der Waals surface area contributed by atoms with Crippen LogP contribution in [0.4, 0.5) is 5.13 Å².